The van der Waals surface area contributed by atoms with Crippen molar-refractivity contribution in [2.24, 2.45) is 0 Å². The van der Waals surface area contributed by atoms with Crippen LogP contribution in [0.4, 0.5) is 0 Å². The van der Waals surface area contributed by atoms with Gasteiger partial charge in [0.05, 0.1) is 17.3 Å². The molecule has 2 aromatic carbocycles. The molecule has 0 bridgehead atoms. The molecule has 4 nitrogen and oxygen atoms in total. The van der Waals surface area contributed by atoms with Gasteiger partial charge in [0.25, 0.3) is 0 Å². The van der Waals surface area contributed by atoms with Crippen LogP contribution in [-0.4, -0.2) is 18.0 Å². The van der Waals surface area contributed by atoms with Crippen molar-refractivity contribution >= 4 is 33.5 Å². The zero-order chi connectivity index (χ0) is 16.1. The van der Waals surface area contributed by atoms with E-state index in [9.17, 15) is 4.79 Å². The first-order chi connectivity index (χ1) is 11.2. The van der Waals surface area contributed by atoms with Crippen LogP contribution in [0.15, 0.2) is 54.6 Å². The van der Waals surface area contributed by atoms with Crippen molar-refractivity contribution in [3.63, 3.8) is 0 Å². The molecule has 116 valence electrons. The number of fused-ring (bicyclic) bond motifs is 1. The SMILES string of the molecule is COc1ccc(CNC(=O)C=Cc2nc3ccccc3s2)cc1. The van der Waals surface area contributed by atoms with Gasteiger partial charge in [-0.15, -0.1) is 11.3 Å². The highest BCUT2D eigenvalue weighted by Crippen LogP contribution is 2.22. The first-order valence-electron chi connectivity index (χ1n) is 7.19. The number of rotatable bonds is 5. The second-order valence-electron chi connectivity index (χ2n) is 4.92. The Balaban J connectivity index is 1.57. The van der Waals surface area contributed by atoms with Crippen LogP contribution in [0.25, 0.3) is 16.3 Å². The Hall–Kier alpha value is -2.66. The van der Waals surface area contributed by atoms with Gasteiger partial charge >= 0.3 is 0 Å². The van der Waals surface area contributed by atoms with Gasteiger partial charge in [-0.1, -0.05) is 24.3 Å². The number of benzene rings is 2. The molecule has 0 fully saturated rings. The maximum atomic E-state index is 11.9. The van der Waals surface area contributed by atoms with Gasteiger partial charge in [0.1, 0.15) is 10.8 Å². The van der Waals surface area contributed by atoms with Crippen molar-refractivity contribution in [3.8, 4) is 5.75 Å². The fourth-order valence-corrected chi connectivity index (χ4v) is 2.97. The van der Waals surface area contributed by atoms with Crippen LogP contribution in [0.5, 0.6) is 5.75 Å². The topological polar surface area (TPSA) is 51.2 Å². The van der Waals surface area contributed by atoms with E-state index in [2.05, 4.69) is 10.3 Å². The zero-order valence-corrected chi connectivity index (χ0v) is 13.5. The average Bonchev–Trinajstić information content (AvgIpc) is 3.01. The molecule has 0 saturated heterocycles. The summed E-state index contributed by atoms with van der Waals surface area (Å²) in [4.78, 5) is 16.3. The predicted octanol–water partition coefficient (Wildman–Crippen LogP) is 3.63. The molecule has 0 aliphatic heterocycles. The van der Waals surface area contributed by atoms with Crippen molar-refractivity contribution in [3.05, 3.63) is 65.2 Å². The van der Waals surface area contributed by atoms with E-state index in [1.165, 1.54) is 6.08 Å². The Morgan fingerprint density at radius 1 is 1.22 bits per heavy atom. The lowest BCUT2D eigenvalue weighted by Gasteiger charge is -2.04. The molecule has 1 amide bonds. The third-order valence-corrected chi connectivity index (χ3v) is 4.32. The molecule has 0 radical (unpaired) electrons. The van der Waals surface area contributed by atoms with Crippen molar-refractivity contribution in [1.29, 1.82) is 0 Å². The van der Waals surface area contributed by atoms with E-state index in [0.717, 1.165) is 26.5 Å². The fraction of sp³-hybridized carbons (Fsp3) is 0.111. The summed E-state index contributed by atoms with van der Waals surface area (Å²) in [6, 6.07) is 15.5. The highest BCUT2D eigenvalue weighted by Gasteiger charge is 2.01. The number of carbonyl (C=O) groups is 1. The van der Waals surface area contributed by atoms with Gasteiger partial charge in [-0.25, -0.2) is 4.98 Å². The summed E-state index contributed by atoms with van der Waals surface area (Å²) in [7, 11) is 1.63. The van der Waals surface area contributed by atoms with Crippen LogP contribution in [-0.2, 0) is 11.3 Å². The maximum Gasteiger partial charge on any atom is 0.244 e. The normalized spacial score (nSPS) is 11.0. The number of nitrogens with one attached hydrogen (secondary N) is 1. The number of hydrogen-bond donors (Lipinski definition) is 1. The molecule has 0 spiro atoms. The standard InChI is InChI=1S/C18H16N2O2S/c1-22-14-8-6-13(7-9-14)12-19-17(21)10-11-18-20-15-4-2-3-5-16(15)23-18/h2-11H,12H2,1H3,(H,19,21). The van der Waals surface area contributed by atoms with E-state index in [0.29, 0.717) is 6.54 Å². The van der Waals surface area contributed by atoms with Crippen LogP contribution >= 0.6 is 11.3 Å². The number of carbonyl (C=O) groups excluding carboxylic acids is 1. The third kappa shape index (κ3) is 3.96. The Bertz CT molecular complexity index is 805. The molecule has 5 heteroatoms. The number of para-hydroxylation sites is 1. The molecule has 0 aliphatic rings. The van der Waals surface area contributed by atoms with Gasteiger partial charge in [-0.05, 0) is 35.9 Å². The van der Waals surface area contributed by atoms with Gasteiger partial charge < -0.3 is 10.1 Å². The van der Waals surface area contributed by atoms with Crippen molar-refractivity contribution in [2.75, 3.05) is 7.11 Å². The summed E-state index contributed by atoms with van der Waals surface area (Å²) in [5.74, 6) is 0.663. The van der Waals surface area contributed by atoms with Crippen molar-refractivity contribution in [1.82, 2.24) is 10.3 Å². The Kier molecular flexibility index (Phi) is 4.68. The number of thiazole rings is 1. The molecule has 0 aliphatic carbocycles. The summed E-state index contributed by atoms with van der Waals surface area (Å²) in [5.41, 5.74) is 1.98. The minimum atomic E-state index is -0.139. The molecule has 1 N–H and O–H groups in total. The van der Waals surface area contributed by atoms with Gasteiger partial charge in [0.2, 0.25) is 5.91 Å². The molecule has 1 aromatic heterocycles. The molecule has 0 saturated carbocycles. The highest BCUT2D eigenvalue weighted by molar-refractivity contribution is 7.19. The van der Waals surface area contributed by atoms with E-state index in [1.807, 2.05) is 48.5 Å². The summed E-state index contributed by atoms with van der Waals surface area (Å²) >= 11 is 1.57. The third-order valence-electron chi connectivity index (χ3n) is 3.31. The van der Waals surface area contributed by atoms with Crippen molar-refractivity contribution in [2.45, 2.75) is 6.54 Å². The zero-order valence-electron chi connectivity index (χ0n) is 12.7. The number of amides is 1. The predicted molar refractivity (Wildman–Crippen MR) is 93.5 cm³/mol. The summed E-state index contributed by atoms with van der Waals surface area (Å²) < 4.78 is 6.22. The van der Waals surface area contributed by atoms with E-state index >= 15 is 0 Å². The summed E-state index contributed by atoms with van der Waals surface area (Å²) in [6.07, 6.45) is 3.26. The van der Waals surface area contributed by atoms with Crippen LogP contribution in [0.3, 0.4) is 0 Å². The Morgan fingerprint density at radius 3 is 2.74 bits per heavy atom. The van der Waals surface area contributed by atoms with Crippen LogP contribution in [0.1, 0.15) is 10.6 Å². The minimum Gasteiger partial charge on any atom is -0.497 e. The molecule has 3 aromatic rings. The number of hydrogen-bond acceptors (Lipinski definition) is 4. The Morgan fingerprint density at radius 2 is 2.00 bits per heavy atom. The largest absolute Gasteiger partial charge is 0.497 e. The minimum absolute atomic E-state index is 0.139. The second kappa shape index (κ2) is 7.07. The lowest BCUT2D eigenvalue weighted by molar-refractivity contribution is -0.116. The number of nitrogens with zero attached hydrogens (tertiary/aromatic N) is 1. The molecule has 0 atom stereocenters. The number of ether oxygens (including phenoxy) is 1. The van der Waals surface area contributed by atoms with Crippen LogP contribution in [0, 0.1) is 0 Å². The number of aromatic nitrogens is 1. The second-order valence-corrected chi connectivity index (χ2v) is 5.98. The molecule has 0 unspecified atom stereocenters. The van der Waals surface area contributed by atoms with Crippen molar-refractivity contribution < 1.29 is 9.53 Å². The van der Waals surface area contributed by atoms with Crippen LogP contribution < -0.4 is 10.1 Å². The molecule has 1 heterocycles. The van der Waals surface area contributed by atoms with E-state index in [-0.39, 0.29) is 5.91 Å². The average molecular weight is 324 g/mol. The monoisotopic (exact) mass is 324 g/mol. The first kappa shape index (κ1) is 15.2. The summed E-state index contributed by atoms with van der Waals surface area (Å²) in [5, 5.41) is 3.68. The van der Waals surface area contributed by atoms with E-state index in [4.69, 9.17) is 4.74 Å². The Labute approximate surface area is 138 Å². The highest BCUT2D eigenvalue weighted by atomic mass is 32.1. The first-order valence-corrected chi connectivity index (χ1v) is 8.00. The quantitative estimate of drug-likeness (QED) is 0.729. The van der Waals surface area contributed by atoms with Gasteiger partial charge in [0, 0.05) is 12.6 Å². The maximum absolute atomic E-state index is 11.9. The number of methoxy groups -OCH3 is 1. The molecule has 3 rings (SSSR count). The molecular weight excluding hydrogens is 308 g/mol. The summed E-state index contributed by atoms with van der Waals surface area (Å²) in [6.45, 7) is 0.479. The molecule has 23 heavy (non-hydrogen) atoms. The molecular formula is C18H16N2O2S. The van der Waals surface area contributed by atoms with Gasteiger partial charge in [-0.2, -0.15) is 0 Å². The smallest absolute Gasteiger partial charge is 0.244 e. The van der Waals surface area contributed by atoms with E-state index < -0.39 is 0 Å². The van der Waals surface area contributed by atoms with Gasteiger partial charge in [-0.3, -0.25) is 4.79 Å². The lowest BCUT2D eigenvalue weighted by atomic mass is 10.2. The van der Waals surface area contributed by atoms with E-state index in [1.54, 1.807) is 24.5 Å². The van der Waals surface area contributed by atoms with Gasteiger partial charge in [0.15, 0.2) is 0 Å². The fourth-order valence-electron chi connectivity index (χ4n) is 2.10. The lowest BCUT2D eigenvalue weighted by Crippen LogP contribution is -2.20. The van der Waals surface area contributed by atoms with Crippen LogP contribution in [0.2, 0.25) is 0 Å².